The molecule has 0 amide bonds. The van der Waals surface area contributed by atoms with Gasteiger partial charge < -0.3 is 14.9 Å². The molecule has 1 fully saturated rings. The summed E-state index contributed by atoms with van der Waals surface area (Å²) in [6.07, 6.45) is 3.76. The zero-order chi connectivity index (χ0) is 29.5. The number of hydrogen-bond donors (Lipinski definition) is 2. The van der Waals surface area contributed by atoms with Crippen molar-refractivity contribution in [3.05, 3.63) is 113 Å². The molecule has 3 aromatic carbocycles. The molecule has 3 heterocycles. The van der Waals surface area contributed by atoms with E-state index in [9.17, 15) is 10.2 Å². The van der Waals surface area contributed by atoms with Gasteiger partial charge in [-0.3, -0.25) is 9.58 Å². The zero-order valence-electron chi connectivity index (χ0n) is 24.4. The molecule has 1 saturated carbocycles. The van der Waals surface area contributed by atoms with Crippen LogP contribution in [0.1, 0.15) is 66.0 Å². The second-order valence-corrected chi connectivity index (χ2v) is 11.7. The number of ether oxygens (including phenoxy) is 1. The maximum Gasteiger partial charge on any atom is 0.181 e. The van der Waals surface area contributed by atoms with Crippen LogP contribution in [-0.4, -0.2) is 52.5 Å². The first-order valence-electron chi connectivity index (χ1n) is 14.9. The summed E-state index contributed by atoms with van der Waals surface area (Å²) >= 11 is 0. The first-order chi connectivity index (χ1) is 21.0. The van der Waals surface area contributed by atoms with Gasteiger partial charge >= 0.3 is 0 Å². The first-order valence-corrected chi connectivity index (χ1v) is 14.9. The lowest BCUT2D eigenvalue weighted by molar-refractivity contribution is -0.0431. The maximum absolute atomic E-state index is 10.2. The molecule has 5 aromatic rings. The summed E-state index contributed by atoms with van der Waals surface area (Å²) in [7, 11) is 1.85. The zero-order valence-corrected chi connectivity index (χ0v) is 24.4. The molecular weight excluding hydrogens is 540 g/mol. The highest BCUT2D eigenvalue weighted by Crippen LogP contribution is 2.55. The Morgan fingerprint density at radius 2 is 1.79 bits per heavy atom. The Morgan fingerprint density at radius 3 is 2.58 bits per heavy atom. The molecule has 1 aliphatic heterocycles. The van der Waals surface area contributed by atoms with Gasteiger partial charge in [0.05, 0.1) is 23.3 Å². The molecule has 7 rings (SSSR count). The molecule has 2 aromatic heterocycles. The van der Waals surface area contributed by atoms with E-state index in [1.165, 1.54) is 11.1 Å². The normalized spacial score (nSPS) is 20.1. The third-order valence-electron chi connectivity index (χ3n) is 8.76. The Kier molecular flexibility index (Phi) is 7.30. The summed E-state index contributed by atoms with van der Waals surface area (Å²) in [6.45, 7) is 4.59. The van der Waals surface area contributed by atoms with Crippen LogP contribution in [0.4, 0.5) is 0 Å². The fraction of sp³-hybridized carbons (Fsp3) is 0.324. The summed E-state index contributed by atoms with van der Waals surface area (Å²) < 4.78 is 9.71. The number of para-hydroxylation sites is 1. The van der Waals surface area contributed by atoms with Crippen LogP contribution in [-0.2, 0) is 20.1 Å². The monoisotopic (exact) mass is 576 g/mol. The number of aliphatic hydroxyl groups is 2. The van der Waals surface area contributed by atoms with E-state index in [0.717, 1.165) is 59.9 Å². The molecule has 0 unspecified atom stereocenters. The van der Waals surface area contributed by atoms with Crippen LogP contribution in [0.25, 0.3) is 16.8 Å². The van der Waals surface area contributed by atoms with Crippen molar-refractivity contribution in [2.75, 3.05) is 6.61 Å². The Labute approximate surface area is 251 Å². The lowest BCUT2D eigenvalue weighted by atomic mass is 10.0. The van der Waals surface area contributed by atoms with Crippen LogP contribution in [0.5, 0.6) is 5.75 Å². The van der Waals surface area contributed by atoms with E-state index in [1.807, 2.05) is 36.1 Å². The van der Waals surface area contributed by atoms with Crippen molar-refractivity contribution in [1.29, 1.82) is 0 Å². The summed E-state index contributed by atoms with van der Waals surface area (Å²) in [5, 5.41) is 33.3. The number of aryl methyl sites for hydroxylation is 1. The number of rotatable bonds is 8. The Bertz CT molecular complexity index is 1740. The number of benzene rings is 3. The van der Waals surface area contributed by atoms with Crippen LogP contribution in [0.3, 0.4) is 0 Å². The standard InChI is InChI=1S/C34H36N6O3/c1-3-26-21-43-32-13-5-4-9-25(32)19-39(26)18-22-8-6-10-23(14-22)24-11-7-12-27(15-24)40-33(30(17-35-40)34(41)42)29-16-28(29)31-20-38(2)37-36-31/h4-15,17,20,26,28-29,34,41-42H,3,16,18-19,21H2,1-2H3/t26-,28+,29+/m0/s1. The van der Waals surface area contributed by atoms with Crippen molar-refractivity contribution in [1.82, 2.24) is 29.7 Å². The lowest BCUT2D eigenvalue weighted by Gasteiger charge is -2.28. The number of aromatic nitrogens is 5. The molecule has 0 saturated heterocycles. The van der Waals surface area contributed by atoms with Crippen molar-refractivity contribution in [3.8, 4) is 22.6 Å². The van der Waals surface area contributed by atoms with E-state index in [1.54, 1.807) is 10.9 Å². The van der Waals surface area contributed by atoms with Crippen molar-refractivity contribution in [2.45, 2.75) is 57.0 Å². The Morgan fingerprint density at radius 1 is 0.977 bits per heavy atom. The van der Waals surface area contributed by atoms with Crippen LogP contribution in [0.2, 0.25) is 0 Å². The second kappa shape index (κ2) is 11.4. The predicted octanol–water partition coefficient (Wildman–Crippen LogP) is 5.10. The summed E-state index contributed by atoms with van der Waals surface area (Å²) in [6, 6.07) is 25.7. The molecule has 2 aliphatic rings. The Hall–Kier alpha value is -4.31. The van der Waals surface area contributed by atoms with Crippen LogP contribution in [0.15, 0.2) is 85.2 Å². The van der Waals surface area contributed by atoms with Crippen molar-refractivity contribution in [2.24, 2.45) is 7.05 Å². The third-order valence-corrected chi connectivity index (χ3v) is 8.76. The van der Waals surface area contributed by atoms with E-state index in [0.29, 0.717) is 18.2 Å². The van der Waals surface area contributed by atoms with Crippen molar-refractivity contribution in [3.63, 3.8) is 0 Å². The van der Waals surface area contributed by atoms with E-state index in [4.69, 9.17) is 4.74 Å². The highest BCUT2D eigenvalue weighted by Gasteiger charge is 2.45. The van der Waals surface area contributed by atoms with E-state index >= 15 is 0 Å². The first kappa shape index (κ1) is 27.5. The molecule has 43 heavy (non-hydrogen) atoms. The topological polar surface area (TPSA) is 101 Å². The smallest absolute Gasteiger partial charge is 0.181 e. The minimum Gasteiger partial charge on any atom is -0.492 e. The van der Waals surface area contributed by atoms with Gasteiger partial charge in [-0.15, -0.1) is 5.10 Å². The van der Waals surface area contributed by atoms with Gasteiger partial charge in [0.2, 0.25) is 0 Å². The number of aliphatic hydroxyl groups excluding tert-OH is 1. The summed E-state index contributed by atoms with van der Waals surface area (Å²) in [5.41, 5.74) is 7.69. The molecule has 0 radical (unpaired) electrons. The summed E-state index contributed by atoms with van der Waals surface area (Å²) in [5.74, 6) is 1.24. The van der Waals surface area contributed by atoms with Gasteiger partial charge in [-0.2, -0.15) is 5.10 Å². The molecule has 9 heteroatoms. The quantitative estimate of drug-likeness (QED) is 0.248. The van der Waals surface area contributed by atoms with Gasteiger partial charge in [-0.25, -0.2) is 4.68 Å². The largest absolute Gasteiger partial charge is 0.492 e. The molecule has 1 aliphatic carbocycles. The van der Waals surface area contributed by atoms with Crippen LogP contribution < -0.4 is 4.74 Å². The average molecular weight is 577 g/mol. The lowest BCUT2D eigenvalue weighted by Crippen LogP contribution is -2.36. The third kappa shape index (κ3) is 5.47. The Balaban J connectivity index is 1.17. The van der Waals surface area contributed by atoms with Crippen LogP contribution in [0, 0.1) is 0 Å². The second-order valence-electron chi connectivity index (χ2n) is 11.7. The number of hydrogen-bond acceptors (Lipinski definition) is 7. The highest BCUT2D eigenvalue weighted by atomic mass is 16.5. The molecular formula is C34H36N6O3. The number of fused-ring (bicyclic) bond motifs is 1. The minimum atomic E-state index is -1.60. The van der Waals surface area contributed by atoms with Gasteiger partial charge in [0, 0.05) is 55.3 Å². The molecule has 0 bridgehead atoms. The SMILES string of the molecule is CC[C@H]1COc2ccccc2CN1Cc1cccc(-c2cccc(-n3ncc(C(O)O)c3[C@@H]3C[C@H]3c3cn(C)nn3)c2)c1. The molecule has 0 spiro atoms. The van der Waals surface area contributed by atoms with Gasteiger partial charge in [0.1, 0.15) is 12.4 Å². The average Bonchev–Trinajstić information content (AvgIpc) is 3.54. The highest BCUT2D eigenvalue weighted by molar-refractivity contribution is 5.67. The van der Waals surface area contributed by atoms with Crippen molar-refractivity contribution >= 4 is 0 Å². The summed E-state index contributed by atoms with van der Waals surface area (Å²) in [4.78, 5) is 2.52. The molecule has 220 valence electrons. The van der Waals surface area contributed by atoms with Gasteiger partial charge in [0.15, 0.2) is 6.29 Å². The van der Waals surface area contributed by atoms with E-state index in [2.05, 4.69) is 81.8 Å². The predicted molar refractivity (Wildman–Crippen MR) is 163 cm³/mol. The minimum absolute atomic E-state index is 0.0808. The van der Waals surface area contributed by atoms with E-state index in [-0.39, 0.29) is 11.8 Å². The van der Waals surface area contributed by atoms with Crippen LogP contribution >= 0.6 is 0 Å². The van der Waals surface area contributed by atoms with Crippen molar-refractivity contribution < 1.29 is 14.9 Å². The fourth-order valence-electron chi connectivity index (χ4n) is 6.38. The molecule has 9 nitrogen and oxygen atoms in total. The fourth-order valence-corrected chi connectivity index (χ4v) is 6.38. The van der Waals surface area contributed by atoms with Gasteiger partial charge in [-0.1, -0.05) is 60.7 Å². The van der Waals surface area contributed by atoms with Gasteiger partial charge in [-0.05, 0) is 53.8 Å². The van der Waals surface area contributed by atoms with E-state index < -0.39 is 6.29 Å². The maximum atomic E-state index is 10.2. The molecule has 3 atom stereocenters. The van der Waals surface area contributed by atoms with Gasteiger partial charge in [0.25, 0.3) is 0 Å². The number of nitrogens with zero attached hydrogens (tertiary/aromatic N) is 6. The molecule has 2 N–H and O–H groups in total.